The van der Waals surface area contributed by atoms with Crippen molar-refractivity contribution in [1.29, 1.82) is 0 Å². The number of nitrogens with zero attached hydrogens (tertiary/aromatic N) is 1. The Labute approximate surface area is 113 Å². The largest absolute Gasteiger partial charge is 0.416 e. The van der Waals surface area contributed by atoms with E-state index in [1.807, 2.05) is 0 Å². The molecular weight excluding hydrogens is 299 g/mol. The Morgan fingerprint density at radius 2 is 1.58 bits per heavy atom. The lowest BCUT2D eigenvalue weighted by Crippen LogP contribution is -2.37. The average molecular weight is 311 g/mol. The lowest BCUT2D eigenvalue weighted by Gasteiger charge is -2.25. The standard InChI is InChI=1S/C11H12F3NO2S2/c12-11(13,14)9-1-3-10(4-2-9)19(16,17)15-5-7-18-8-6-15/h1-4H,5-8H2. The van der Waals surface area contributed by atoms with Crippen molar-refractivity contribution in [2.75, 3.05) is 24.6 Å². The second-order valence-corrected chi connectivity index (χ2v) is 7.20. The zero-order chi connectivity index (χ0) is 14.1. The molecule has 0 aromatic heterocycles. The SMILES string of the molecule is O=S(=O)(c1ccc(C(F)(F)F)cc1)N1CCSCC1. The molecule has 19 heavy (non-hydrogen) atoms. The van der Waals surface area contributed by atoms with E-state index in [1.165, 1.54) is 4.31 Å². The fraction of sp³-hybridized carbons (Fsp3) is 0.455. The molecule has 1 saturated heterocycles. The van der Waals surface area contributed by atoms with Gasteiger partial charge in [-0.2, -0.15) is 29.2 Å². The first-order valence-corrected chi connectivity index (χ1v) is 8.16. The summed E-state index contributed by atoms with van der Waals surface area (Å²) in [7, 11) is -3.67. The maximum absolute atomic E-state index is 12.4. The molecule has 1 aliphatic heterocycles. The quantitative estimate of drug-likeness (QED) is 0.842. The van der Waals surface area contributed by atoms with Gasteiger partial charge in [0, 0.05) is 24.6 Å². The summed E-state index contributed by atoms with van der Waals surface area (Å²) in [6.07, 6.45) is -4.45. The van der Waals surface area contributed by atoms with Crippen LogP contribution in [0.1, 0.15) is 5.56 Å². The first-order chi connectivity index (χ1) is 8.82. The molecule has 0 radical (unpaired) electrons. The third-order valence-electron chi connectivity index (χ3n) is 2.79. The van der Waals surface area contributed by atoms with E-state index in [1.54, 1.807) is 11.8 Å². The second-order valence-electron chi connectivity index (χ2n) is 4.04. The van der Waals surface area contributed by atoms with E-state index >= 15 is 0 Å². The van der Waals surface area contributed by atoms with Crippen molar-refractivity contribution in [3.8, 4) is 0 Å². The Morgan fingerprint density at radius 1 is 1.05 bits per heavy atom. The molecule has 3 nitrogen and oxygen atoms in total. The molecule has 0 spiro atoms. The number of rotatable bonds is 2. The second kappa shape index (κ2) is 5.34. The summed E-state index contributed by atoms with van der Waals surface area (Å²) in [6, 6.07) is 3.62. The first kappa shape index (κ1) is 14.7. The van der Waals surface area contributed by atoms with Gasteiger partial charge in [0.25, 0.3) is 0 Å². The Kier molecular flexibility index (Phi) is 4.12. The van der Waals surface area contributed by atoms with E-state index in [-0.39, 0.29) is 4.90 Å². The van der Waals surface area contributed by atoms with Crippen molar-refractivity contribution in [2.24, 2.45) is 0 Å². The van der Waals surface area contributed by atoms with Crippen molar-refractivity contribution in [2.45, 2.75) is 11.1 Å². The van der Waals surface area contributed by atoms with Crippen LogP contribution >= 0.6 is 11.8 Å². The molecule has 106 valence electrons. The van der Waals surface area contributed by atoms with Crippen molar-refractivity contribution in [3.05, 3.63) is 29.8 Å². The van der Waals surface area contributed by atoms with Crippen LogP contribution in [0, 0.1) is 0 Å². The zero-order valence-electron chi connectivity index (χ0n) is 9.85. The highest BCUT2D eigenvalue weighted by atomic mass is 32.2. The highest BCUT2D eigenvalue weighted by Gasteiger charge is 2.31. The molecule has 0 N–H and O–H groups in total. The van der Waals surface area contributed by atoms with Crippen LogP contribution in [-0.4, -0.2) is 37.3 Å². The number of hydrogen-bond acceptors (Lipinski definition) is 3. The smallest absolute Gasteiger partial charge is 0.207 e. The molecule has 0 unspecified atom stereocenters. The van der Waals surface area contributed by atoms with E-state index in [0.717, 1.165) is 24.3 Å². The normalized spacial score (nSPS) is 18.5. The van der Waals surface area contributed by atoms with Gasteiger partial charge in [0.2, 0.25) is 10.0 Å². The van der Waals surface area contributed by atoms with E-state index in [2.05, 4.69) is 0 Å². The number of thioether (sulfide) groups is 1. The minimum absolute atomic E-state index is 0.0904. The molecule has 0 atom stereocenters. The van der Waals surface area contributed by atoms with Crippen LogP contribution < -0.4 is 0 Å². The predicted octanol–water partition coefficient (Wildman–Crippen LogP) is 2.44. The highest BCUT2D eigenvalue weighted by molar-refractivity contribution is 7.99. The number of hydrogen-bond donors (Lipinski definition) is 0. The van der Waals surface area contributed by atoms with Crippen molar-refractivity contribution >= 4 is 21.8 Å². The summed E-state index contributed by atoms with van der Waals surface area (Å²) < 4.78 is 62.9. The van der Waals surface area contributed by atoms with E-state index in [9.17, 15) is 21.6 Å². The average Bonchev–Trinajstić information content (AvgIpc) is 2.39. The molecule has 1 aliphatic rings. The van der Waals surface area contributed by atoms with Gasteiger partial charge in [-0.1, -0.05) is 0 Å². The lowest BCUT2D eigenvalue weighted by molar-refractivity contribution is -0.137. The van der Waals surface area contributed by atoms with Crippen LogP contribution in [-0.2, 0) is 16.2 Å². The molecule has 0 saturated carbocycles. The third-order valence-corrected chi connectivity index (χ3v) is 5.64. The summed E-state index contributed by atoms with van der Waals surface area (Å²) >= 11 is 1.66. The lowest BCUT2D eigenvalue weighted by atomic mass is 10.2. The van der Waals surface area contributed by atoms with Crippen molar-refractivity contribution in [3.63, 3.8) is 0 Å². The zero-order valence-corrected chi connectivity index (χ0v) is 11.5. The molecule has 1 aromatic carbocycles. The molecule has 2 rings (SSSR count). The molecule has 1 aromatic rings. The minimum Gasteiger partial charge on any atom is -0.207 e. The van der Waals surface area contributed by atoms with Gasteiger partial charge in [-0.25, -0.2) is 8.42 Å². The first-order valence-electron chi connectivity index (χ1n) is 5.57. The van der Waals surface area contributed by atoms with Gasteiger partial charge in [0.1, 0.15) is 0 Å². The maximum Gasteiger partial charge on any atom is 0.416 e. The van der Waals surface area contributed by atoms with E-state index < -0.39 is 21.8 Å². The summed E-state index contributed by atoms with van der Waals surface area (Å²) in [5.41, 5.74) is -0.847. The van der Waals surface area contributed by atoms with Crippen LogP contribution in [0.15, 0.2) is 29.2 Å². The molecule has 8 heteroatoms. The van der Waals surface area contributed by atoms with Crippen LogP contribution in [0.2, 0.25) is 0 Å². The van der Waals surface area contributed by atoms with Crippen LogP contribution in [0.5, 0.6) is 0 Å². The number of benzene rings is 1. The minimum atomic E-state index is -4.45. The van der Waals surface area contributed by atoms with E-state index in [4.69, 9.17) is 0 Å². The van der Waals surface area contributed by atoms with Crippen LogP contribution in [0.3, 0.4) is 0 Å². The maximum atomic E-state index is 12.4. The van der Waals surface area contributed by atoms with Gasteiger partial charge >= 0.3 is 6.18 Å². The van der Waals surface area contributed by atoms with Gasteiger partial charge in [0.05, 0.1) is 10.5 Å². The fourth-order valence-electron chi connectivity index (χ4n) is 1.75. The van der Waals surface area contributed by atoms with Gasteiger partial charge in [-0.15, -0.1) is 0 Å². The molecule has 0 aliphatic carbocycles. The topological polar surface area (TPSA) is 37.4 Å². The van der Waals surface area contributed by atoms with Gasteiger partial charge in [0.15, 0.2) is 0 Å². The summed E-state index contributed by atoms with van der Waals surface area (Å²) in [6.45, 7) is 0.794. The Bertz CT molecular complexity index is 534. The van der Waals surface area contributed by atoms with E-state index in [0.29, 0.717) is 24.6 Å². The number of alkyl halides is 3. The predicted molar refractivity (Wildman–Crippen MR) is 67.5 cm³/mol. The Morgan fingerprint density at radius 3 is 2.05 bits per heavy atom. The Hall–Kier alpha value is -0.730. The number of sulfonamides is 1. The summed E-state index contributed by atoms with van der Waals surface area (Å²) in [5.74, 6) is 1.42. The summed E-state index contributed by atoms with van der Waals surface area (Å²) in [5, 5.41) is 0. The molecule has 0 amide bonds. The molecule has 1 heterocycles. The summed E-state index contributed by atoms with van der Waals surface area (Å²) in [4.78, 5) is -0.0904. The van der Waals surface area contributed by atoms with Crippen LogP contribution in [0.25, 0.3) is 0 Å². The molecule has 0 bridgehead atoms. The number of halogens is 3. The van der Waals surface area contributed by atoms with Gasteiger partial charge in [-0.05, 0) is 24.3 Å². The fourth-order valence-corrected chi connectivity index (χ4v) is 4.33. The third kappa shape index (κ3) is 3.24. The molecular formula is C11H12F3NO2S2. The molecule has 1 fully saturated rings. The van der Waals surface area contributed by atoms with Crippen molar-refractivity contribution in [1.82, 2.24) is 4.31 Å². The monoisotopic (exact) mass is 311 g/mol. The Balaban J connectivity index is 2.26. The van der Waals surface area contributed by atoms with Crippen molar-refractivity contribution < 1.29 is 21.6 Å². The van der Waals surface area contributed by atoms with Gasteiger partial charge < -0.3 is 0 Å². The van der Waals surface area contributed by atoms with Crippen LogP contribution in [0.4, 0.5) is 13.2 Å². The highest BCUT2D eigenvalue weighted by Crippen LogP contribution is 2.30. The van der Waals surface area contributed by atoms with Gasteiger partial charge in [-0.3, -0.25) is 0 Å².